The Labute approximate surface area is 123 Å². The highest BCUT2D eigenvalue weighted by Gasteiger charge is 2.27. The number of aromatic nitrogens is 1. The first-order valence-corrected chi connectivity index (χ1v) is 6.78. The lowest BCUT2D eigenvalue weighted by molar-refractivity contribution is 0.00618. The normalized spacial score (nSPS) is 12.6. The van der Waals surface area contributed by atoms with Gasteiger partial charge in [-0.25, -0.2) is 13.8 Å². The first-order valence-electron chi connectivity index (χ1n) is 6.40. The molecule has 1 rings (SSSR count). The maximum absolute atomic E-state index is 13.1. The summed E-state index contributed by atoms with van der Waals surface area (Å²) in [5.41, 5.74) is 5.72. The van der Waals surface area contributed by atoms with Crippen molar-refractivity contribution in [1.29, 1.82) is 0 Å². The number of hydrogen-bond acceptors (Lipinski definition) is 4. The average Bonchev–Trinajstić information content (AvgIpc) is 2.45. The molecule has 7 heteroatoms. The second-order valence-electron chi connectivity index (χ2n) is 3.86. The van der Waals surface area contributed by atoms with Gasteiger partial charge in [0, 0.05) is 13.3 Å². The summed E-state index contributed by atoms with van der Waals surface area (Å²) in [4.78, 5) is 3.84. The standard InChI is InChI=1S/C11H16ClF2N3O.C2H6/c1-18-5-9(17-7-11(13,14)6-15)8-2-3-16-10(12)4-8;1-2/h2-4,9,17H,5-7,15H2,1H3;1-2H3. The molecule has 0 aliphatic rings. The van der Waals surface area contributed by atoms with Crippen LogP contribution in [0.3, 0.4) is 0 Å². The molecule has 1 aromatic heterocycles. The number of ether oxygens (including phenoxy) is 1. The van der Waals surface area contributed by atoms with E-state index in [9.17, 15) is 8.78 Å². The fourth-order valence-corrected chi connectivity index (χ4v) is 1.60. The van der Waals surface area contributed by atoms with Crippen LogP contribution in [0.5, 0.6) is 0 Å². The summed E-state index contributed by atoms with van der Waals surface area (Å²) in [5, 5.41) is 3.02. The van der Waals surface area contributed by atoms with Gasteiger partial charge in [0.25, 0.3) is 5.92 Å². The van der Waals surface area contributed by atoms with Crippen molar-refractivity contribution in [2.45, 2.75) is 25.8 Å². The largest absolute Gasteiger partial charge is 0.383 e. The summed E-state index contributed by atoms with van der Waals surface area (Å²) in [5.74, 6) is -2.94. The number of nitrogens with two attached hydrogens (primary N) is 1. The van der Waals surface area contributed by atoms with Crippen molar-refractivity contribution >= 4 is 11.6 Å². The molecule has 0 aliphatic heterocycles. The van der Waals surface area contributed by atoms with Gasteiger partial charge in [0.15, 0.2) is 0 Å². The quantitative estimate of drug-likeness (QED) is 0.760. The Morgan fingerprint density at radius 3 is 2.65 bits per heavy atom. The minimum atomic E-state index is -2.94. The molecule has 0 amide bonds. The van der Waals surface area contributed by atoms with Gasteiger partial charge in [-0.2, -0.15) is 0 Å². The van der Waals surface area contributed by atoms with E-state index < -0.39 is 19.0 Å². The number of pyridine rings is 1. The van der Waals surface area contributed by atoms with Gasteiger partial charge in [0.1, 0.15) is 5.15 Å². The van der Waals surface area contributed by atoms with E-state index in [2.05, 4.69) is 10.3 Å². The molecule has 116 valence electrons. The molecule has 3 N–H and O–H groups in total. The molecule has 0 radical (unpaired) electrons. The summed E-state index contributed by atoms with van der Waals surface area (Å²) in [7, 11) is 1.50. The summed E-state index contributed by atoms with van der Waals surface area (Å²) in [6, 6.07) is 2.93. The number of halogens is 3. The summed E-state index contributed by atoms with van der Waals surface area (Å²) in [6.07, 6.45) is 1.52. The molecule has 0 spiro atoms. The Morgan fingerprint density at radius 2 is 2.15 bits per heavy atom. The minimum absolute atomic E-state index is 0.251. The highest BCUT2D eigenvalue weighted by molar-refractivity contribution is 6.29. The molecule has 0 bridgehead atoms. The molecule has 20 heavy (non-hydrogen) atoms. The average molecular weight is 310 g/mol. The van der Waals surface area contributed by atoms with Crippen LogP contribution in [0.4, 0.5) is 8.78 Å². The molecule has 4 nitrogen and oxygen atoms in total. The Balaban J connectivity index is 0.00000172. The number of methoxy groups -OCH3 is 1. The van der Waals surface area contributed by atoms with Gasteiger partial charge >= 0.3 is 0 Å². The molecule has 0 saturated heterocycles. The van der Waals surface area contributed by atoms with E-state index in [4.69, 9.17) is 22.1 Å². The van der Waals surface area contributed by atoms with Crippen LogP contribution in [0.15, 0.2) is 18.3 Å². The Bertz CT molecular complexity index is 380. The van der Waals surface area contributed by atoms with Crippen LogP contribution in [0.1, 0.15) is 25.5 Å². The Hall–Kier alpha value is -0.820. The van der Waals surface area contributed by atoms with Gasteiger partial charge in [0.05, 0.1) is 25.7 Å². The third-order valence-corrected chi connectivity index (χ3v) is 2.60. The smallest absolute Gasteiger partial charge is 0.272 e. The third kappa shape index (κ3) is 7.09. The van der Waals surface area contributed by atoms with Gasteiger partial charge in [-0.1, -0.05) is 25.4 Å². The number of nitrogens with zero attached hydrogens (tertiary/aromatic N) is 1. The monoisotopic (exact) mass is 309 g/mol. The van der Waals surface area contributed by atoms with E-state index in [1.165, 1.54) is 13.3 Å². The molecule has 0 aromatic carbocycles. The molecule has 1 unspecified atom stereocenters. The zero-order valence-corrected chi connectivity index (χ0v) is 12.8. The molecule has 0 saturated carbocycles. The number of alkyl halides is 2. The van der Waals surface area contributed by atoms with Crippen molar-refractivity contribution in [1.82, 2.24) is 10.3 Å². The molecule has 1 atom stereocenters. The lowest BCUT2D eigenvalue weighted by Gasteiger charge is -2.22. The van der Waals surface area contributed by atoms with Crippen LogP contribution in [0, 0.1) is 0 Å². The molecular weight excluding hydrogens is 288 g/mol. The predicted molar refractivity (Wildman–Crippen MR) is 77.2 cm³/mol. The second-order valence-corrected chi connectivity index (χ2v) is 4.25. The second kappa shape index (κ2) is 9.99. The molecule has 1 heterocycles. The van der Waals surface area contributed by atoms with E-state index in [0.29, 0.717) is 5.15 Å². The summed E-state index contributed by atoms with van der Waals surface area (Å²) < 4.78 is 31.2. The van der Waals surface area contributed by atoms with Crippen molar-refractivity contribution in [2.24, 2.45) is 5.73 Å². The van der Waals surface area contributed by atoms with Crippen LogP contribution >= 0.6 is 11.6 Å². The summed E-state index contributed by atoms with van der Waals surface area (Å²) >= 11 is 5.76. The first kappa shape index (κ1) is 19.2. The van der Waals surface area contributed by atoms with Gasteiger partial charge in [0.2, 0.25) is 0 Å². The molecule has 0 aliphatic carbocycles. The maximum Gasteiger partial charge on any atom is 0.272 e. The van der Waals surface area contributed by atoms with E-state index in [1.807, 2.05) is 13.8 Å². The molecule has 0 fully saturated rings. The Kier molecular flexibility index (Phi) is 9.58. The fourth-order valence-electron chi connectivity index (χ4n) is 1.42. The van der Waals surface area contributed by atoms with Gasteiger partial charge in [-0.15, -0.1) is 0 Å². The minimum Gasteiger partial charge on any atom is -0.383 e. The highest BCUT2D eigenvalue weighted by Crippen LogP contribution is 2.18. The predicted octanol–water partition coefficient (Wildman–Crippen LogP) is 2.63. The maximum atomic E-state index is 13.1. The number of nitrogens with one attached hydrogen (secondary N) is 1. The van der Waals surface area contributed by atoms with Crippen LogP contribution in [-0.4, -0.2) is 37.7 Å². The van der Waals surface area contributed by atoms with Gasteiger partial charge < -0.3 is 15.8 Å². The first-order chi connectivity index (χ1) is 9.48. The van der Waals surface area contributed by atoms with Crippen molar-refractivity contribution in [3.63, 3.8) is 0 Å². The van der Waals surface area contributed by atoms with Crippen molar-refractivity contribution < 1.29 is 13.5 Å². The topological polar surface area (TPSA) is 60.2 Å². The van der Waals surface area contributed by atoms with Crippen LogP contribution in [0.25, 0.3) is 0 Å². The number of hydrogen-bond donors (Lipinski definition) is 2. The fraction of sp³-hybridized carbons (Fsp3) is 0.615. The van der Waals surface area contributed by atoms with E-state index in [0.717, 1.165) is 5.56 Å². The van der Waals surface area contributed by atoms with E-state index >= 15 is 0 Å². The van der Waals surface area contributed by atoms with E-state index in [-0.39, 0.29) is 12.6 Å². The van der Waals surface area contributed by atoms with E-state index in [1.54, 1.807) is 12.1 Å². The summed E-state index contributed by atoms with van der Waals surface area (Å²) in [6.45, 7) is 3.04. The SMILES string of the molecule is CC.COCC(NCC(F)(F)CN)c1ccnc(Cl)c1. The van der Waals surface area contributed by atoms with Crippen molar-refractivity contribution in [3.05, 3.63) is 29.0 Å². The van der Waals surface area contributed by atoms with Gasteiger partial charge in [-0.3, -0.25) is 0 Å². The zero-order valence-electron chi connectivity index (χ0n) is 12.0. The van der Waals surface area contributed by atoms with Crippen LogP contribution < -0.4 is 11.1 Å². The molecule has 1 aromatic rings. The van der Waals surface area contributed by atoms with Crippen LogP contribution in [0.2, 0.25) is 5.15 Å². The molecular formula is C13H22ClF2N3O. The highest BCUT2D eigenvalue weighted by atomic mass is 35.5. The van der Waals surface area contributed by atoms with Gasteiger partial charge in [-0.05, 0) is 17.7 Å². The van der Waals surface area contributed by atoms with Crippen molar-refractivity contribution in [3.8, 4) is 0 Å². The lowest BCUT2D eigenvalue weighted by Crippen LogP contribution is -2.41. The lowest BCUT2D eigenvalue weighted by atomic mass is 10.1. The zero-order chi connectivity index (χ0) is 15.6. The van der Waals surface area contributed by atoms with Crippen molar-refractivity contribution in [2.75, 3.05) is 26.8 Å². The Morgan fingerprint density at radius 1 is 1.50 bits per heavy atom. The number of rotatable bonds is 7. The third-order valence-electron chi connectivity index (χ3n) is 2.39. The van der Waals surface area contributed by atoms with Crippen LogP contribution in [-0.2, 0) is 4.74 Å².